The minimum absolute atomic E-state index is 0.0489. The van der Waals surface area contributed by atoms with Crippen molar-refractivity contribution in [3.05, 3.63) is 53.9 Å². The van der Waals surface area contributed by atoms with Crippen LogP contribution in [-0.2, 0) is 30.3 Å². The molecule has 0 radical (unpaired) electrons. The van der Waals surface area contributed by atoms with Crippen molar-refractivity contribution < 1.29 is 33.4 Å². The van der Waals surface area contributed by atoms with E-state index in [9.17, 15) is 24.0 Å². The van der Waals surface area contributed by atoms with Gasteiger partial charge in [-0.1, -0.05) is 12.1 Å². The maximum absolute atomic E-state index is 13.9. The highest BCUT2D eigenvalue weighted by molar-refractivity contribution is 5.99. The average Bonchev–Trinajstić information content (AvgIpc) is 3.49. The number of anilines is 2. The van der Waals surface area contributed by atoms with Crippen LogP contribution in [0, 0.1) is 11.8 Å². The lowest BCUT2D eigenvalue weighted by molar-refractivity contribution is -0.130. The molecule has 1 saturated carbocycles. The van der Waals surface area contributed by atoms with Gasteiger partial charge in [-0.3, -0.25) is 14.4 Å². The summed E-state index contributed by atoms with van der Waals surface area (Å²) in [5, 5.41) is 8.77. The molecule has 1 atom stereocenters. The molecule has 0 saturated heterocycles. The van der Waals surface area contributed by atoms with Crippen LogP contribution in [0.4, 0.5) is 16.2 Å². The molecule has 4 rings (SSSR count). The van der Waals surface area contributed by atoms with E-state index in [0.717, 1.165) is 18.4 Å². The summed E-state index contributed by atoms with van der Waals surface area (Å²) in [4.78, 5) is 75.8. The van der Waals surface area contributed by atoms with Crippen molar-refractivity contribution in [1.29, 1.82) is 0 Å². The number of fused-ring (bicyclic) bond motifs is 1. The standard InChI is InChI=1S/C39H55N7O7/c1-38(2,3)52-36(50)33-42-29-18-17-27(21-30(29)43-33)41-35(49)31(20-25-11-10-12-28(19-25)46(9)32(47)23-45(7)8)44-34(48)26-15-13-24(14-16-26)22-40-37(51)53-39(4,5)6/h10-12,17-19,21,24,26,31H,13-16,20,22-23H2,1-9H3,(H,40,51)(H,41,49)(H,42,43)(H,44,48). The van der Waals surface area contributed by atoms with Crippen LogP contribution in [0.1, 0.15) is 83.4 Å². The highest BCUT2D eigenvalue weighted by atomic mass is 16.6. The van der Waals surface area contributed by atoms with Gasteiger partial charge in [0.2, 0.25) is 23.5 Å². The number of benzene rings is 2. The summed E-state index contributed by atoms with van der Waals surface area (Å²) < 4.78 is 10.8. The molecule has 0 aliphatic heterocycles. The number of rotatable bonds is 12. The summed E-state index contributed by atoms with van der Waals surface area (Å²) in [5.41, 5.74) is 1.64. The Kier molecular flexibility index (Phi) is 13.3. The van der Waals surface area contributed by atoms with Gasteiger partial charge in [0, 0.05) is 37.3 Å². The van der Waals surface area contributed by atoms with Crippen molar-refractivity contribution in [3.63, 3.8) is 0 Å². The number of carbonyl (C=O) groups excluding carboxylic acids is 5. The van der Waals surface area contributed by atoms with Gasteiger partial charge < -0.3 is 40.2 Å². The van der Waals surface area contributed by atoms with Crippen molar-refractivity contribution in [2.24, 2.45) is 11.8 Å². The second-order valence-electron chi connectivity index (χ2n) is 16.0. The number of imidazole rings is 1. The number of aromatic nitrogens is 2. The molecule has 14 nitrogen and oxygen atoms in total. The summed E-state index contributed by atoms with van der Waals surface area (Å²) >= 11 is 0. The van der Waals surface area contributed by atoms with Gasteiger partial charge in [-0.2, -0.15) is 0 Å². The Balaban J connectivity index is 1.48. The lowest BCUT2D eigenvalue weighted by atomic mass is 9.81. The highest BCUT2D eigenvalue weighted by Crippen LogP contribution is 2.29. The summed E-state index contributed by atoms with van der Waals surface area (Å²) in [5.74, 6) is -1.36. The van der Waals surface area contributed by atoms with Crippen LogP contribution >= 0.6 is 0 Å². The molecule has 4 amide bonds. The van der Waals surface area contributed by atoms with Gasteiger partial charge in [-0.25, -0.2) is 14.6 Å². The number of esters is 1. The van der Waals surface area contributed by atoms with E-state index in [1.165, 1.54) is 0 Å². The SMILES string of the molecule is CN(C)CC(=O)N(C)c1cccc(CC(NC(=O)C2CCC(CNC(=O)OC(C)(C)C)CC2)C(=O)Nc2ccc3[nH]c(C(=O)OC(C)(C)C)nc3c2)c1. The molecule has 1 aromatic heterocycles. The van der Waals surface area contributed by atoms with Gasteiger partial charge in [0.15, 0.2) is 0 Å². The summed E-state index contributed by atoms with van der Waals surface area (Å²) in [6, 6.07) is 11.4. The Morgan fingerprint density at radius 1 is 0.906 bits per heavy atom. The number of nitrogens with zero attached hydrogens (tertiary/aromatic N) is 3. The van der Waals surface area contributed by atoms with E-state index >= 15 is 0 Å². The first kappa shape index (κ1) is 40.8. The zero-order valence-electron chi connectivity index (χ0n) is 32.4. The quantitative estimate of drug-likeness (QED) is 0.186. The van der Waals surface area contributed by atoms with Gasteiger partial charge in [-0.15, -0.1) is 0 Å². The number of alkyl carbamates (subject to hydrolysis) is 1. The molecule has 1 aliphatic carbocycles. The topological polar surface area (TPSA) is 175 Å². The molecule has 1 heterocycles. The molecule has 2 aromatic carbocycles. The monoisotopic (exact) mass is 733 g/mol. The van der Waals surface area contributed by atoms with E-state index in [2.05, 4.69) is 25.9 Å². The van der Waals surface area contributed by atoms with Gasteiger partial charge in [0.05, 0.1) is 17.6 Å². The first-order valence-corrected chi connectivity index (χ1v) is 18.1. The van der Waals surface area contributed by atoms with Crippen molar-refractivity contribution in [2.75, 3.05) is 44.4 Å². The van der Waals surface area contributed by atoms with Gasteiger partial charge in [-0.05, 0) is 123 Å². The minimum atomic E-state index is -0.945. The third kappa shape index (κ3) is 12.6. The molecule has 53 heavy (non-hydrogen) atoms. The van der Waals surface area contributed by atoms with Crippen LogP contribution in [0.2, 0.25) is 0 Å². The minimum Gasteiger partial charge on any atom is -0.454 e. The number of amides is 4. The van der Waals surface area contributed by atoms with E-state index in [-0.39, 0.29) is 42.4 Å². The van der Waals surface area contributed by atoms with Gasteiger partial charge in [0.1, 0.15) is 17.2 Å². The molecule has 1 aliphatic rings. The van der Waals surface area contributed by atoms with Gasteiger partial charge >= 0.3 is 12.1 Å². The Hall–Kier alpha value is -4.98. The Labute approximate surface area is 311 Å². The highest BCUT2D eigenvalue weighted by Gasteiger charge is 2.31. The average molecular weight is 734 g/mol. The van der Waals surface area contributed by atoms with Gasteiger partial charge in [0.25, 0.3) is 0 Å². The van der Waals surface area contributed by atoms with E-state index in [0.29, 0.717) is 41.8 Å². The van der Waals surface area contributed by atoms with E-state index in [4.69, 9.17) is 9.47 Å². The third-order valence-electron chi connectivity index (χ3n) is 8.69. The predicted molar refractivity (Wildman–Crippen MR) is 204 cm³/mol. The summed E-state index contributed by atoms with van der Waals surface area (Å²) in [6.07, 6.45) is 2.43. The normalized spacial score (nSPS) is 16.8. The van der Waals surface area contributed by atoms with E-state index < -0.39 is 35.2 Å². The van der Waals surface area contributed by atoms with E-state index in [1.54, 1.807) is 55.8 Å². The Morgan fingerprint density at radius 3 is 2.23 bits per heavy atom. The van der Waals surface area contributed by atoms with Crippen LogP contribution < -0.4 is 20.9 Å². The van der Waals surface area contributed by atoms with Crippen molar-refractivity contribution in [1.82, 2.24) is 25.5 Å². The Bertz CT molecular complexity index is 1780. The number of aromatic amines is 1. The van der Waals surface area contributed by atoms with Crippen molar-refractivity contribution in [3.8, 4) is 0 Å². The fourth-order valence-corrected chi connectivity index (χ4v) is 6.05. The van der Waals surface area contributed by atoms with Crippen molar-refractivity contribution in [2.45, 2.75) is 90.9 Å². The second-order valence-corrected chi connectivity index (χ2v) is 16.0. The number of ether oxygens (including phenoxy) is 2. The molecule has 4 N–H and O–H groups in total. The predicted octanol–water partition coefficient (Wildman–Crippen LogP) is 5.04. The number of carbonyl (C=O) groups is 5. The maximum Gasteiger partial charge on any atom is 0.407 e. The van der Waals surface area contributed by atoms with E-state index in [1.807, 2.05) is 59.1 Å². The molecule has 1 fully saturated rings. The van der Waals surface area contributed by atoms with Crippen LogP contribution in [0.15, 0.2) is 42.5 Å². The molecular formula is C39H55N7O7. The molecule has 3 aromatic rings. The maximum atomic E-state index is 13.9. The molecule has 0 bridgehead atoms. The number of hydrogen-bond donors (Lipinski definition) is 4. The van der Waals surface area contributed by atoms with Crippen molar-refractivity contribution >= 4 is 52.2 Å². The molecule has 1 unspecified atom stereocenters. The first-order valence-electron chi connectivity index (χ1n) is 18.1. The third-order valence-corrected chi connectivity index (χ3v) is 8.69. The molecular weight excluding hydrogens is 678 g/mol. The van der Waals surface area contributed by atoms with Crippen LogP contribution in [0.5, 0.6) is 0 Å². The fraction of sp³-hybridized carbons (Fsp3) is 0.538. The molecule has 288 valence electrons. The number of H-pyrrole nitrogens is 1. The largest absolute Gasteiger partial charge is 0.454 e. The Morgan fingerprint density at radius 2 is 1.58 bits per heavy atom. The summed E-state index contributed by atoms with van der Waals surface area (Å²) in [6.45, 7) is 11.5. The first-order chi connectivity index (χ1) is 24.8. The fourth-order valence-electron chi connectivity index (χ4n) is 6.05. The molecule has 0 spiro atoms. The zero-order chi connectivity index (χ0) is 39.1. The zero-order valence-corrected chi connectivity index (χ0v) is 32.4. The van der Waals surface area contributed by atoms with Crippen LogP contribution in [0.3, 0.4) is 0 Å². The molecule has 14 heteroatoms. The smallest absolute Gasteiger partial charge is 0.407 e. The number of likely N-dealkylation sites (N-methyl/N-ethyl adjacent to an activating group) is 2. The van der Waals surface area contributed by atoms with Crippen LogP contribution in [-0.4, -0.2) is 96.1 Å². The van der Waals surface area contributed by atoms with Crippen LogP contribution in [0.25, 0.3) is 11.0 Å². The second kappa shape index (κ2) is 17.2. The lowest BCUT2D eigenvalue weighted by Gasteiger charge is -2.29. The number of nitrogens with one attached hydrogen (secondary N) is 4. The summed E-state index contributed by atoms with van der Waals surface area (Å²) in [7, 11) is 5.35. The lowest BCUT2D eigenvalue weighted by Crippen LogP contribution is -2.48. The number of hydrogen-bond acceptors (Lipinski definition) is 9.